The molecule has 0 N–H and O–H groups in total. The zero-order chi connectivity index (χ0) is 23.7. The molecule has 34 heavy (non-hydrogen) atoms. The highest BCUT2D eigenvalue weighted by Gasteiger charge is 2.22. The van der Waals surface area contributed by atoms with Gasteiger partial charge in [-0.15, -0.1) is 0 Å². The van der Waals surface area contributed by atoms with Crippen molar-refractivity contribution in [1.82, 2.24) is 14.2 Å². The first-order valence-electron chi connectivity index (χ1n) is 11.8. The zero-order valence-electron chi connectivity index (χ0n) is 19.5. The molecule has 2 heterocycles. The molecule has 170 valence electrons. The molecule has 0 atom stereocenters. The van der Waals surface area contributed by atoms with Gasteiger partial charge in [0, 0.05) is 28.6 Å². The van der Waals surface area contributed by atoms with Crippen molar-refractivity contribution in [3.63, 3.8) is 0 Å². The molecule has 0 spiro atoms. The first-order chi connectivity index (χ1) is 16.6. The summed E-state index contributed by atoms with van der Waals surface area (Å²) in [5, 5.41) is 14.4. The van der Waals surface area contributed by atoms with Gasteiger partial charge in [-0.25, -0.2) is 4.98 Å². The minimum absolute atomic E-state index is 0.122. The van der Waals surface area contributed by atoms with Crippen LogP contribution in [0.15, 0.2) is 64.5 Å². The van der Waals surface area contributed by atoms with Crippen LogP contribution in [0.1, 0.15) is 66.4 Å². The molecule has 0 radical (unpaired) electrons. The van der Waals surface area contributed by atoms with E-state index in [2.05, 4.69) is 16.7 Å². The Kier molecular flexibility index (Phi) is 5.85. The standard InChI is InChI=1S/C28H27N5O/c1-19-16-23(20(2)32(19)24-14-12-21(17-29)13-15-24)18-30-33-27(22-8-4-3-5-9-22)31-26-11-7-6-10-25(26)28(33)34/h6-7,10-16,18,22H,3-5,8-9H2,1-2H3. The lowest BCUT2D eigenvalue weighted by Crippen LogP contribution is -2.25. The van der Waals surface area contributed by atoms with Crippen molar-refractivity contribution in [2.45, 2.75) is 51.9 Å². The topological polar surface area (TPSA) is 76.0 Å². The molecule has 0 saturated heterocycles. The quantitative estimate of drug-likeness (QED) is 0.380. The summed E-state index contributed by atoms with van der Waals surface area (Å²) in [4.78, 5) is 18.3. The average Bonchev–Trinajstić information content (AvgIpc) is 3.16. The van der Waals surface area contributed by atoms with E-state index in [1.165, 1.54) is 11.1 Å². The van der Waals surface area contributed by atoms with E-state index in [4.69, 9.17) is 15.3 Å². The van der Waals surface area contributed by atoms with Crippen LogP contribution in [-0.2, 0) is 0 Å². The van der Waals surface area contributed by atoms with Crippen molar-refractivity contribution in [2.24, 2.45) is 5.10 Å². The molecular weight excluding hydrogens is 422 g/mol. The normalized spacial score (nSPS) is 14.6. The number of fused-ring (bicyclic) bond motifs is 1. The van der Waals surface area contributed by atoms with Gasteiger partial charge in [0.05, 0.1) is 28.8 Å². The summed E-state index contributed by atoms with van der Waals surface area (Å²) in [6.07, 6.45) is 7.39. The first-order valence-corrected chi connectivity index (χ1v) is 11.8. The summed E-state index contributed by atoms with van der Waals surface area (Å²) in [6.45, 7) is 4.08. The molecular formula is C28H27N5O. The molecule has 5 rings (SSSR count). The maximum Gasteiger partial charge on any atom is 0.282 e. The van der Waals surface area contributed by atoms with Crippen LogP contribution in [0.5, 0.6) is 0 Å². The Bertz CT molecular complexity index is 1480. The molecule has 0 amide bonds. The lowest BCUT2D eigenvalue weighted by atomic mass is 9.88. The lowest BCUT2D eigenvalue weighted by Gasteiger charge is -2.22. The van der Waals surface area contributed by atoms with Crippen LogP contribution >= 0.6 is 0 Å². The second-order valence-corrected chi connectivity index (χ2v) is 9.00. The van der Waals surface area contributed by atoms with E-state index in [1.807, 2.05) is 62.4 Å². The first kappa shape index (κ1) is 21.8. The number of aryl methyl sites for hydroxylation is 1. The van der Waals surface area contributed by atoms with E-state index in [-0.39, 0.29) is 11.5 Å². The molecule has 2 aromatic heterocycles. The number of hydrogen-bond donors (Lipinski definition) is 0. The van der Waals surface area contributed by atoms with Crippen molar-refractivity contribution in [2.75, 3.05) is 0 Å². The summed E-state index contributed by atoms with van der Waals surface area (Å²) < 4.78 is 3.65. The number of rotatable bonds is 4. The highest BCUT2D eigenvalue weighted by Crippen LogP contribution is 2.31. The number of aromatic nitrogens is 3. The molecule has 6 nitrogen and oxygen atoms in total. The van der Waals surface area contributed by atoms with Gasteiger partial charge in [0.2, 0.25) is 0 Å². The summed E-state index contributed by atoms with van der Waals surface area (Å²) >= 11 is 0. The molecule has 0 aliphatic heterocycles. The minimum atomic E-state index is -0.122. The maximum atomic E-state index is 13.4. The fourth-order valence-corrected chi connectivity index (χ4v) is 5.00. The average molecular weight is 450 g/mol. The smallest absolute Gasteiger partial charge is 0.282 e. The Morgan fingerprint density at radius 1 is 1.06 bits per heavy atom. The monoisotopic (exact) mass is 449 g/mol. The van der Waals surface area contributed by atoms with E-state index in [9.17, 15) is 4.79 Å². The van der Waals surface area contributed by atoms with Crippen molar-refractivity contribution >= 4 is 17.1 Å². The Morgan fingerprint density at radius 3 is 2.53 bits per heavy atom. The number of hydrogen-bond acceptors (Lipinski definition) is 4. The number of nitrogens with zero attached hydrogens (tertiary/aromatic N) is 5. The second kappa shape index (κ2) is 9.11. The summed E-state index contributed by atoms with van der Waals surface area (Å²) in [5.74, 6) is 1.01. The van der Waals surface area contributed by atoms with Gasteiger partial charge in [0.1, 0.15) is 5.82 Å². The van der Waals surface area contributed by atoms with Crippen molar-refractivity contribution in [3.05, 3.63) is 93.3 Å². The summed E-state index contributed by atoms with van der Waals surface area (Å²) in [7, 11) is 0. The Balaban J connectivity index is 1.58. The van der Waals surface area contributed by atoms with Crippen LogP contribution in [-0.4, -0.2) is 20.4 Å². The summed E-state index contributed by atoms with van der Waals surface area (Å²) in [6, 6.07) is 19.3. The molecule has 6 heteroatoms. The Labute approximate surface area is 198 Å². The molecule has 1 aliphatic rings. The van der Waals surface area contributed by atoms with E-state index >= 15 is 0 Å². The zero-order valence-corrected chi connectivity index (χ0v) is 19.5. The highest BCUT2D eigenvalue weighted by atomic mass is 16.1. The van der Waals surface area contributed by atoms with Crippen molar-refractivity contribution < 1.29 is 0 Å². The van der Waals surface area contributed by atoms with Gasteiger partial charge in [-0.2, -0.15) is 15.0 Å². The fourth-order valence-electron chi connectivity index (χ4n) is 5.00. The van der Waals surface area contributed by atoms with E-state index in [0.717, 1.165) is 59.7 Å². The third kappa shape index (κ3) is 3.94. The third-order valence-corrected chi connectivity index (χ3v) is 6.79. The van der Waals surface area contributed by atoms with Crippen LogP contribution in [0.25, 0.3) is 16.6 Å². The van der Waals surface area contributed by atoms with Gasteiger partial charge in [-0.1, -0.05) is 31.4 Å². The van der Waals surface area contributed by atoms with Crippen LogP contribution < -0.4 is 5.56 Å². The Morgan fingerprint density at radius 2 is 1.79 bits per heavy atom. The number of nitriles is 1. The molecule has 1 aliphatic carbocycles. The van der Waals surface area contributed by atoms with E-state index < -0.39 is 0 Å². The fraction of sp³-hybridized carbons (Fsp3) is 0.286. The van der Waals surface area contributed by atoms with Gasteiger partial charge in [-0.3, -0.25) is 4.79 Å². The summed E-state index contributed by atoms with van der Waals surface area (Å²) in [5.41, 5.74) is 5.25. The number of para-hydroxylation sites is 1. The predicted octanol–water partition coefficient (Wildman–Crippen LogP) is 5.61. The van der Waals surface area contributed by atoms with Gasteiger partial charge in [-0.05, 0) is 69.2 Å². The van der Waals surface area contributed by atoms with E-state index in [0.29, 0.717) is 10.9 Å². The van der Waals surface area contributed by atoms with Crippen LogP contribution in [0.2, 0.25) is 0 Å². The minimum Gasteiger partial charge on any atom is -0.318 e. The van der Waals surface area contributed by atoms with Crippen molar-refractivity contribution in [3.8, 4) is 11.8 Å². The maximum absolute atomic E-state index is 13.4. The SMILES string of the molecule is Cc1cc(C=Nn2c(C3CCCCC3)nc3ccccc3c2=O)c(C)n1-c1ccc(C#N)cc1. The van der Waals surface area contributed by atoms with E-state index in [1.54, 1.807) is 6.21 Å². The molecule has 0 bridgehead atoms. The Hall–Kier alpha value is -3.98. The number of benzene rings is 2. The van der Waals surface area contributed by atoms with Gasteiger partial charge in [0.25, 0.3) is 5.56 Å². The largest absolute Gasteiger partial charge is 0.318 e. The molecule has 1 saturated carbocycles. The van der Waals surface area contributed by atoms with Crippen LogP contribution in [0.4, 0.5) is 0 Å². The van der Waals surface area contributed by atoms with Gasteiger partial charge < -0.3 is 4.57 Å². The highest BCUT2D eigenvalue weighted by molar-refractivity contribution is 5.82. The van der Waals surface area contributed by atoms with Crippen molar-refractivity contribution in [1.29, 1.82) is 5.26 Å². The third-order valence-electron chi connectivity index (χ3n) is 6.79. The van der Waals surface area contributed by atoms with Gasteiger partial charge >= 0.3 is 0 Å². The lowest BCUT2D eigenvalue weighted by molar-refractivity contribution is 0.416. The van der Waals surface area contributed by atoms with Crippen LogP contribution in [0.3, 0.4) is 0 Å². The molecule has 1 fully saturated rings. The molecule has 4 aromatic rings. The molecule has 0 unspecified atom stereocenters. The predicted molar refractivity (Wildman–Crippen MR) is 135 cm³/mol. The van der Waals surface area contributed by atoms with Crippen LogP contribution in [0, 0.1) is 25.2 Å². The second-order valence-electron chi connectivity index (χ2n) is 9.00. The molecule has 2 aromatic carbocycles. The van der Waals surface area contributed by atoms with Gasteiger partial charge in [0.15, 0.2) is 0 Å².